The van der Waals surface area contributed by atoms with Crippen molar-refractivity contribution in [2.75, 3.05) is 6.26 Å². The highest BCUT2D eigenvalue weighted by molar-refractivity contribution is 7.97. The van der Waals surface area contributed by atoms with Gasteiger partial charge < -0.3 is 20.1 Å². The third-order valence-corrected chi connectivity index (χ3v) is 6.76. The van der Waals surface area contributed by atoms with Crippen LogP contribution in [0.3, 0.4) is 0 Å². The zero-order valence-corrected chi connectivity index (χ0v) is 20.5. The first kappa shape index (κ1) is 24.6. The number of aromatic nitrogens is 2. The molecule has 0 radical (unpaired) electrons. The van der Waals surface area contributed by atoms with E-state index in [-0.39, 0.29) is 24.6 Å². The number of fused-ring (bicyclic) bond motifs is 1. The van der Waals surface area contributed by atoms with Crippen LogP contribution in [0.2, 0.25) is 0 Å². The number of benzene rings is 2. The van der Waals surface area contributed by atoms with Gasteiger partial charge in [0, 0.05) is 17.9 Å². The Morgan fingerprint density at radius 1 is 1.11 bits per heavy atom. The van der Waals surface area contributed by atoms with E-state index in [2.05, 4.69) is 15.3 Å². The number of H-pyrrole nitrogens is 1. The highest BCUT2D eigenvalue weighted by atomic mass is 32.2. The van der Waals surface area contributed by atoms with Crippen molar-refractivity contribution in [1.29, 1.82) is 0 Å². The summed E-state index contributed by atoms with van der Waals surface area (Å²) in [6.45, 7) is 0.782. The van der Waals surface area contributed by atoms with Crippen LogP contribution in [-0.4, -0.2) is 33.2 Å². The summed E-state index contributed by atoms with van der Waals surface area (Å²) in [6, 6.07) is 14.4. The minimum Gasteiger partial charge on any atom is -0.478 e. The van der Waals surface area contributed by atoms with E-state index < -0.39 is 17.4 Å². The van der Waals surface area contributed by atoms with Gasteiger partial charge in [-0.25, -0.2) is 9.78 Å². The number of nitrogens with one attached hydrogen (secondary N) is 2. The largest absolute Gasteiger partial charge is 0.478 e. The minimum absolute atomic E-state index is 0.0318. The Morgan fingerprint density at radius 2 is 1.89 bits per heavy atom. The fourth-order valence-electron chi connectivity index (χ4n) is 3.51. The van der Waals surface area contributed by atoms with Crippen LogP contribution >= 0.6 is 23.1 Å². The third-order valence-electron chi connectivity index (χ3n) is 5.22. The molecule has 0 aliphatic heterocycles. The number of amides is 1. The number of hydrogen-bond donors (Lipinski definition) is 3. The maximum absolute atomic E-state index is 12.7. The molecule has 0 aliphatic carbocycles. The quantitative estimate of drug-likeness (QED) is 0.293. The molecule has 10 heteroatoms. The van der Waals surface area contributed by atoms with E-state index in [1.807, 2.05) is 30.5 Å². The molecule has 2 aromatic carbocycles. The van der Waals surface area contributed by atoms with E-state index in [0.717, 1.165) is 16.9 Å². The van der Waals surface area contributed by atoms with Crippen LogP contribution in [0.1, 0.15) is 43.2 Å². The van der Waals surface area contributed by atoms with Crippen LogP contribution in [0, 0.1) is 0 Å². The molecular weight excluding hydrogens is 486 g/mol. The Kier molecular flexibility index (Phi) is 7.96. The number of rotatable bonds is 10. The van der Waals surface area contributed by atoms with Gasteiger partial charge in [-0.05, 0) is 40.5 Å². The van der Waals surface area contributed by atoms with Crippen LogP contribution in [0.15, 0.2) is 58.7 Å². The van der Waals surface area contributed by atoms with Crippen molar-refractivity contribution in [3.63, 3.8) is 0 Å². The Labute approximate surface area is 209 Å². The molecule has 0 fully saturated rings. The molecule has 1 amide bonds. The van der Waals surface area contributed by atoms with Crippen molar-refractivity contribution in [1.82, 2.24) is 15.3 Å². The number of aromatic amines is 1. The van der Waals surface area contributed by atoms with Gasteiger partial charge in [0.1, 0.15) is 4.83 Å². The standard InChI is InChI=1S/C25H23N3O5S2/c1-34-13-17-4-2-3-16(9-17)10-26-23(30)21-27-22(29)20-19(14-35-24(20)28-21)12-33-11-15-5-7-18(8-6-15)25(31)32/h2-9,14H,10-13H2,1H3,(H,26,30)(H,31,32)(H,27,28,29). The molecule has 3 N–H and O–H groups in total. The smallest absolute Gasteiger partial charge is 0.335 e. The first-order valence-corrected chi connectivity index (χ1v) is 13.0. The summed E-state index contributed by atoms with van der Waals surface area (Å²) in [5, 5.41) is 14.0. The van der Waals surface area contributed by atoms with Crippen LogP contribution in [0.5, 0.6) is 0 Å². The fraction of sp³-hybridized carbons (Fsp3) is 0.200. The van der Waals surface area contributed by atoms with Gasteiger partial charge in [-0.2, -0.15) is 11.8 Å². The second-order valence-corrected chi connectivity index (χ2v) is 9.51. The highest BCUT2D eigenvalue weighted by Gasteiger charge is 2.16. The molecular formula is C25H23N3O5S2. The number of carbonyl (C=O) groups excluding carboxylic acids is 1. The minimum atomic E-state index is -0.984. The molecule has 0 bridgehead atoms. The number of nitrogens with zero attached hydrogens (tertiary/aromatic N) is 1. The van der Waals surface area contributed by atoms with Gasteiger partial charge in [0.15, 0.2) is 0 Å². The first-order chi connectivity index (χ1) is 16.9. The van der Waals surface area contributed by atoms with Crippen molar-refractivity contribution >= 4 is 45.2 Å². The summed E-state index contributed by atoms with van der Waals surface area (Å²) < 4.78 is 5.72. The second-order valence-electron chi connectivity index (χ2n) is 7.79. The van der Waals surface area contributed by atoms with E-state index in [1.165, 1.54) is 29.0 Å². The third kappa shape index (κ3) is 6.16. The van der Waals surface area contributed by atoms with E-state index in [0.29, 0.717) is 22.3 Å². The van der Waals surface area contributed by atoms with E-state index in [4.69, 9.17) is 9.84 Å². The van der Waals surface area contributed by atoms with Crippen LogP contribution in [0.4, 0.5) is 0 Å². The lowest BCUT2D eigenvalue weighted by atomic mass is 10.1. The SMILES string of the molecule is CSCc1cccc(CNC(=O)c2nc3scc(COCc4ccc(C(=O)O)cc4)c3c(=O)[nH]2)c1. The lowest BCUT2D eigenvalue weighted by molar-refractivity contribution is 0.0696. The Hall–Kier alpha value is -3.47. The van der Waals surface area contributed by atoms with Gasteiger partial charge in [-0.1, -0.05) is 36.4 Å². The van der Waals surface area contributed by atoms with Crippen LogP contribution in [0.25, 0.3) is 10.2 Å². The molecule has 2 heterocycles. The fourth-order valence-corrected chi connectivity index (χ4v) is 4.94. The molecule has 2 aromatic heterocycles. The number of thioether (sulfide) groups is 1. The number of carboxylic acid groups (broad SMARTS) is 1. The Bertz CT molecular complexity index is 1410. The average Bonchev–Trinajstić information content (AvgIpc) is 3.27. The molecule has 0 atom stereocenters. The molecule has 0 saturated heterocycles. The van der Waals surface area contributed by atoms with Crippen LogP contribution in [-0.2, 0) is 30.2 Å². The van der Waals surface area contributed by atoms with Crippen molar-refractivity contribution in [2.45, 2.75) is 25.5 Å². The maximum atomic E-state index is 12.7. The average molecular weight is 510 g/mol. The van der Waals surface area contributed by atoms with Gasteiger partial charge in [-0.3, -0.25) is 9.59 Å². The molecule has 0 spiro atoms. The summed E-state index contributed by atoms with van der Waals surface area (Å²) in [6.07, 6.45) is 2.04. The van der Waals surface area contributed by atoms with Gasteiger partial charge in [0.2, 0.25) is 5.82 Å². The summed E-state index contributed by atoms with van der Waals surface area (Å²) in [7, 11) is 0. The van der Waals surface area contributed by atoms with E-state index in [9.17, 15) is 14.4 Å². The Morgan fingerprint density at radius 3 is 2.63 bits per heavy atom. The zero-order valence-electron chi connectivity index (χ0n) is 18.9. The summed E-state index contributed by atoms with van der Waals surface area (Å²) in [5.41, 5.74) is 3.47. The zero-order chi connectivity index (χ0) is 24.8. The molecule has 180 valence electrons. The number of thiophene rings is 1. The maximum Gasteiger partial charge on any atom is 0.335 e. The predicted octanol–water partition coefficient (Wildman–Crippen LogP) is 4.19. The van der Waals surface area contributed by atoms with Gasteiger partial charge in [0.25, 0.3) is 11.5 Å². The number of hydrogen-bond acceptors (Lipinski definition) is 7. The Balaban J connectivity index is 1.39. The van der Waals surface area contributed by atoms with Crippen molar-refractivity contribution < 1.29 is 19.4 Å². The van der Waals surface area contributed by atoms with Crippen molar-refractivity contribution in [3.8, 4) is 0 Å². The van der Waals surface area contributed by atoms with Gasteiger partial charge >= 0.3 is 5.97 Å². The summed E-state index contributed by atoms with van der Waals surface area (Å²) in [5.74, 6) is -0.567. The van der Waals surface area contributed by atoms with Crippen molar-refractivity contribution in [2.24, 2.45) is 0 Å². The van der Waals surface area contributed by atoms with Crippen LogP contribution < -0.4 is 10.9 Å². The molecule has 0 aliphatic rings. The summed E-state index contributed by atoms with van der Waals surface area (Å²) >= 11 is 3.00. The van der Waals surface area contributed by atoms with Gasteiger partial charge in [-0.15, -0.1) is 11.3 Å². The second kappa shape index (κ2) is 11.3. The monoisotopic (exact) mass is 509 g/mol. The van der Waals surface area contributed by atoms with E-state index in [1.54, 1.807) is 29.3 Å². The first-order valence-electron chi connectivity index (χ1n) is 10.7. The summed E-state index contributed by atoms with van der Waals surface area (Å²) in [4.78, 5) is 43.7. The molecule has 0 saturated carbocycles. The highest BCUT2D eigenvalue weighted by Crippen LogP contribution is 2.22. The number of ether oxygens (including phenoxy) is 1. The van der Waals surface area contributed by atoms with Crippen molar-refractivity contribution in [3.05, 3.63) is 97.9 Å². The molecule has 0 unspecified atom stereocenters. The van der Waals surface area contributed by atoms with E-state index >= 15 is 0 Å². The molecule has 4 aromatic rings. The lowest BCUT2D eigenvalue weighted by Gasteiger charge is -2.07. The number of aromatic carboxylic acids is 1. The number of carboxylic acids is 1. The molecule has 4 rings (SSSR count). The molecule has 8 nitrogen and oxygen atoms in total. The topological polar surface area (TPSA) is 121 Å². The normalized spacial score (nSPS) is 11.0. The predicted molar refractivity (Wildman–Crippen MR) is 137 cm³/mol. The molecule has 35 heavy (non-hydrogen) atoms. The lowest BCUT2D eigenvalue weighted by Crippen LogP contribution is -2.27. The van der Waals surface area contributed by atoms with Gasteiger partial charge in [0.05, 0.1) is 24.2 Å². The number of carbonyl (C=O) groups is 2.